The van der Waals surface area contributed by atoms with Gasteiger partial charge in [-0.3, -0.25) is 0 Å². The van der Waals surface area contributed by atoms with Gasteiger partial charge in [0, 0.05) is 23.6 Å². The van der Waals surface area contributed by atoms with Crippen LogP contribution in [0.1, 0.15) is 18.7 Å². The summed E-state index contributed by atoms with van der Waals surface area (Å²) in [5.74, 6) is 7.65. The minimum absolute atomic E-state index is 0.316. The van der Waals surface area contributed by atoms with E-state index in [-0.39, 0.29) is 0 Å². The zero-order chi connectivity index (χ0) is 11.6. The van der Waals surface area contributed by atoms with Crippen molar-refractivity contribution < 1.29 is 4.74 Å². The topological polar surface area (TPSA) is 66.0 Å². The average Bonchev–Trinajstić information content (AvgIpc) is 2.90. The van der Waals surface area contributed by atoms with Gasteiger partial charge in [-0.1, -0.05) is 27.7 Å². The molecule has 1 aromatic heterocycles. The van der Waals surface area contributed by atoms with Gasteiger partial charge in [0.1, 0.15) is 0 Å². The molecule has 0 spiro atoms. The number of ether oxygens (including phenoxy) is 1. The first-order chi connectivity index (χ1) is 7.64. The molecule has 16 heavy (non-hydrogen) atoms. The van der Waals surface area contributed by atoms with Crippen molar-refractivity contribution in [2.24, 2.45) is 0 Å². The minimum atomic E-state index is 0.316. The molecule has 1 fully saturated rings. The molecule has 1 aromatic rings. The molecule has 1 aliphatic rings. The summed E-state index contributed by atoms with van der Waals surface area (Å²) in [7, 11) is 1.66. The number of hydrogen-bond acceptors (Lipinski definition) is 5. The molecule has 0 saturated heterocycles. The van der Waals surface area contributed by atoms with Crippen LogP contribution in [0.15, 0.2) is 5.16 Å². The van der Waals surface area contributed by atoms with E-state index in [1.54, 1.807) is 23.5 Å². The lowest BCUT2D eigenvalue weighted by Crippen LogP contribution is -2.16. The van der Waals surface area contributed by atoms with Crippen LogP contribution in [0.25, 0.3) is 0 Å². The number of alkyl halides is 1. The third-order valence-electron chi connectivity index (χ3n) is 2.52. The van der Waals surface area contributed by atoms with Crippen LogP contribution >= 0.6 is 27.7 Å². The Kier molecular flexibility index (Phi) is 3.76. The van der Waals surface area contributed by atoms with E-state index in [4.69, 9.17) is 10.6 Å². The molecule has 90 valence electrons. The Morgan fingerprint density at radius 2 is 2.31 bits per heavy atom. The van der Waals surface area contributed by atoms with Crippen LogP contribution in [0.4, 0.5) is 0 Å². The van der Waals surface area contributed by atoms with Crippen LogP contribution in [0.3, 0.4) is 0 Å². The highest BCUT2D eigenvalue weighted by Crippen LogP contribution is 2.47. The monoisotopic (exact) mass is 306 g/mol. The van der Waals surface area contributed by atoms with Crippen molar-refractivity contribution in [3.63, 3.8) is 0 Å². The SMILES string of the molecule is COCCc1nnc(SCC2(Br)CC2)n1N. The van der Waals surface area contributed by atoms with Crippen molar-refractivity contribution in [3.8, 4) is 0 Å². The van der Waals surface area contributed by atoms with E-state index in [9.17, 15) is 0 Å². The molecule has 0 aromatic carbocycles. The fourth-order valence-electron chi connectivity index (χ4n) is 1.24. The maximum atomic E-state index is 5.89. The summed E-state index contributed by atoms with van der Waals surface area (Å²) >= 11 is 5.33. The van der Waals surface area contributed by atoms with Crippen molar-refractivity contribution in [3.05, 3.63) is 5.82 Å². The molecule has 1 saturated carbocycles. The van der Waals surface area contributed by atoms with Gasteiger partial charge in [-0.25, -0.2) is 4.68 Å². The van der Waals surface area contributed by atoms with Gasteiger partial charge >= 0.3 is 0 Å². The normalized spacial score (nSPS) is 17.6. The molecule has 0 bridgehead atoms. The Morgan fingerprint density at radius 3 is 2.94 bits per heavy atom. The van der Waals surface area contributed by atoms with E-state index < -0.39 is 0 Å². The average molecular weight is 307 g/mol. The van der Waals surface area contributed by atoms with Crippen molar-refractivity contribution in [1.29, 1.82) is 0 Å². The van der Waals surface area contributed by atoms with Gasteiger partial charge in [0.05, 0.1) is 6.61 Å². The Labute approximate surface area is 107 Å². The third kappa shape index (κ3) is 2.89. The second kappa shape index (κ2) is 4.93. The molecule has 7 heteroatoms. The summed E-state index contributed by atoms with van der Waals surface area (Å²) < 4.78 is 6.86. The molecule has 0 aliphatic heterocycles. The van der Waals surface area contributed by atoms with E-state index in [2.05, 4.69) is 26.1 Å². The molecular weight excluding hydrogens is 292 g/mol. The molecule has 0 unspecified atom stereocenters. The van der Waals surface area contributed by atoms with Gasteiger partial charge in [0.15, 0.2) is 5.82 Å². The molecular formula is C9H15BrN4OS. The highest BCUT2D eigenvalue weighted by molar-refractivity contribution is 9.10. The number of thioether (sulfide) groups is 1. The van der Waals surface area contributed by atoms with Crippen molar-refractivity contribution >= 4 is 27.7 Å². The summed E-state index contributed by atoms with van der Waals surface area (Å²) in [6.07, 6.45) is 3.16. The second-order valence-corrected chi connectivity index (χ2v) is 6.58. The number of aromatic nitrogens is 3. The van der Waals surface area contributed by atoms with Gasteiger partial charge in [0.25, 0.3) is 0 Å². The van der Waals surface area contributed by atoms with E-state index in [0.29, 0.717) is 17.4 Å². The summed E-state index contributed by atoms with van der Waals surface area (Å²) in [5, 5.41) is 8.90. The highest BCUT2D eigenvalue weighted by atomic mass is 79.9. The number of nitrogen functional groups attached to an aromatic ring is 1. The van der Waals surface area contributed by atoms with E-state index >= 15 is 0 Å². The summed E-state index contributed by atoms with van der Waals surface area (Å²) in [6.45, 7) is 0.613. The smallest absolute Gasteiger partial charge is 0.209 e. The molecule has 1 aliphatic carbocycles. The summed E-state index contributed by atoms with van der Waals surface area (Å²) in [4.78, 5) is 0. The maximum Gasteiger partial charge on any atom is 0.209 e. The van der Waals surface area contributed by atoms with Crippen LogP contribution in [-0.2, 0) is 11.2 Å². The number of methoxy groups -OCH3 is 1. The lowest BCUT2D eigenvalue weighted by molar-refractivity contribution is 0.200. The predicted octanol–water partition coefficient (Wildman–Crippen LogP) is 1.20. The number of nitrogens with zero attached hydrogens (tertiary/aromatic N) is 3. The number of rotatable bonds is 6. The van der Waals surface area contributed by atoms with Gasteiger partial charge in [-0.05, 0) is 12.8 Å². The molecule has 2 N–H and O–H groups in total. The molecule has 0 atom stereocenters. The van der Waals surface area contributed by atoms with Gasteiger partial charge in [-0.2, -0.15) is 0 Å². The van der Waals surface area contributed by atoms with Crippen LogP contribution < -0.4 is 5.84 Å². The van der Waals surface area contributed by atoms with Crippen LogP contribution in [0, 0.1) is 0 Å². The first-order valence-corrected chi connectivity index (χ1v) is 6.92. The minimum Gasteiger partial charge on any atom is -0.384 e. The zero-order valence-corrected chi connectivity index (χ0v) is 11.6. The van der Waals surface area contributed by atoms with Gasteiger partial charge in [0.2, 0.25) is 5.16 Å². The molecule has 2 rings (SSSR count). The fourth-order valence-corrected chi connectivity index (χ4v) is 2.80. The van der Waals surface area contributed by atoms with Crippen LogP contribution in [0.5, 0.6) is 0 Å². The number of hydrogen-bond donors (Lipinski definition) is 1. The Bertz CT molecular complexity index is 366. The quantitative estimate of drug-likeness (QED) is 0.486. The van der Waals surface area contributed by atoms with E-state index in [1.807, 2.05) is 0 Å². The lowest BCUT2D eigenvalue weighted by Gasteiger charge is -2.05. The Morgan fingerprint density at radius 1 is 1.56 bits per heavy atom. The van der Waals surface area contributed by atoms with E-state index in [1.165, 1.54) is 12.8 Å². The second-order valence-electron chi connectivity index (χ2n) is 3.95. The molecule has 1 heterocycles. The van der Waals surface area contributed by atoms with E-state index in [0.717, 1.165) is 16.7 Å². The zero-order valence-electron chi connectivity index (χ0n) is 9.15. The van der Waals surface area contributed by atoms with Crippen LogP contribution in [0.2, 0.25) is 0 Å². The van der Waals surface area contributed by atoms with Crippen molar-refractivity contribution in [2.75, 3.05) is 25.3 Å². The number of nitrogens with two attached hydrogens (primary N) is 1. The number of halogens is 1. The Hall–Kier alpha value is -0.270. The van der Waals surface area contributed by atoms with Crippen molar-refractivity contribution in [1.82, 2.24) is 14.9 Å². The summed E-state index contributed by atoms with van der Waals surface area (Å²) in [5.41, 5.74) is 0. The van der Waals surface area contributed by atoms with Crippen molar-refractivity contribution in [2.45, 2.75) is 28.7 Å². The maximum absolute atomic E-state index is 5.89. The predicted molar refractivity (Wildman–Crippen MR) is 67.4 cm³/mol. The molecule has 0 radical (unpaired) electrons. The first-order valence-electron chi connectivity index (χ1n) is 5.15. The molecule has 0 amide bonds. The fraction of sp³-hybridized carbons (Fsp3) is 0.778. The summed E-state index contributed by atoms with van der Waals surface area (Å²) in [6, 6.07) is 0. The standard InChI is InChI=1S/C9H15BrN4OS/c1-15-5-2-7-12-13-8(14(7)11)16-6-9(10)3-4-9/h2-6,11H2,1H3. The molecule has 5 nitrogen and oxygen atoms in total. The third-order valence-corrected chi connectivity index (χ3v) is 5.20. The van der Waals surface area contributed by atoms with Gasteiger partial charge < -0.3 is 10.6 Å². The largest absolute Gasteiger partial charge is 0.384 e. The Balaban J connectivity index is 1.91. The highest BCUT2D eigenvalue weighted by Gasteiger charge is 2.40. The first kappa shape index (κ1) is 12.2. The van der Waals surface area contributed by atoms with Gasteiger partial charge in [-0.15, -0.1) is 10.2 Å². The lowest BCUT2D eigenvalue weighted by atomic mass is 10.4. The van der Waals surface area contributed by atoms with Crippen LogP contribution in [-0.4, -0.2) is 38.7 Å².